The molecule has 2 aliphatic heterocycles. The predicted molar refractivity (Wildman–Crippen MR) is 59.5 cm³/mol. The summed E-state index contributed by atoms with van der Waals surface area (Å²) in [6, 6.07) is 0.216. The summed E-state index contributed by atoms with van der Waals surface area (Å²) in [5.41, 5.74) is 0. The number of ether oxygens (including phenoxy) is 1. The summed E-state index contributed by atoms with van der Waals surface area (Å²) >= 11 is 0. The smallest absolute Gasteiger partial charge is 0.309 e. The van der Waals surface area contributed by atoms with E-state index in [-0.39, 0.29) is 17.9 Å². The Labute approximate surface area is 99.9 Å². The van der Waals surface area contributed by atoms with Crippen molar-refractivity contribution in [2.75, 3.05) is 32.8 Å². The van der Waals surface area contributed by atoms with Gasteiger partial charge in [0.05, 0.1) is 12.5 Å². The second kappa shape index (κ2) is 5.46. The Morgan fingerprint density at radius 1 is 1.29 bits per heavy atom. The van der Waals surface area contributed by atoms with E-state index in [0.717, 1.165) is 12.8 Å². The molecule has 17 heavy (non-hydrogen) atoms. The predicted octanol–water partition coefficient (Wildman–Crippen LogP) is -0.702. The fourth-order valence-electron chi connectivity index (χ4n) is 2.17. The third kappa shape index (κ3) is 3.41. The molecule has 2 saturated heterocycles. The van der Waals surface area contributed by atoms with Crippen molar-refractivity contribution < 1.29 is 19.4 Å². The van der Waals surface area contributed by atoms with Crippen molar-refractivity contribution in [2.45, 2.75) is 18.9 Å². The van der Waals surface area contributed by atoms with Gasteiger partial charge in [-0.15, -0.1) is 0 Å². The molecule has 0 radical (unpaired) electrons. The van der Waals surface area contributed by atoms with Gasteiger partial charge in [0.25, 0.3) is 0 Å². The Bertz CT molecular complexity index is 296. The van der Waals surface area contributed by atoms with E-state index in [4.69, 9.17) is 9.84 Å². The molecule has 2 heterocycles. The van der Waals surface area contributed by atoms with Crippen LogP contribution in [-0.4, -0.2) is 60.8 Å². The Morgan fingerprint density at radius 2 is 1.94 bits per heavy atom. The molecule has 1 amide bonds. The lowest BCUT2D eigenvalue weighted by Gasteiger charge is -2.36. The van der Waals surface area contributed by atoms with Gasteiger partial charge in [0, 0.05) is 32.3 Å². The highest BCUT2D eigenvalue weighted by molar-refractivity contribution is 5.79. The zero-order chi connectivity index (χ0) is 12.3. The zero-order valence-electron chi connectivity index (χ0n) is 9.72. The molecule has 96 valence electrons. The summed E-state index contributed by atoms with van der Waals surface area (Å²) in [5.74, 6) is -1.09. The number of nitrogens with zero attached hydrogens (tertiary/aromatic N) is 1. The van der Waals surface area contributed by atoms with Crippen molar-refractivity contribution in [1.29, 1.82) is 0 Å². The van der Waals surface area contributed by atoms with Crippen molar-refractivity contribution in [2.24, 2.45) is 5.92 Å². The minimum atomic E-state index is -0.772. The zero-order valence-corrected chi connectivity index (χ0v) is 9.72. The fraction of sp³-hybridized carbons (Fsp3) is 0.818. The van der Waals surface area contributed by atoms with Crippen LogP contribution in [0.4, 0.5) is 0 Å². The van der Waals surface area contributed by atoms with Gasteiger partial charge in [-0.05, 0) is 12.8 Å². The van der Waals surface area contributed by atoms with Gasteiger partial charge in [0.1, 0.15) is 0 Å². The van der Waals surface area contributed by atoms with Crippen LogP contribution in [-0.2, 0) is 14.3 Å². The van der Waals surface area contributed by atoms with E-state index in [0.29, 0.717) is 32.8 Å². The highest BCUT2D eigenvalue weighted by atomic mass is 16.5. The number of carbonyl (C=O) groups is 2. The van der Waals surface area contributed by atoms with E-state index in [1.54, 1.807) is 0 Å². The van der Waals surface area contributed by atoms with Crippen molar-refractivity contribution >= 4 is 11.9 Å². The number of nitrogens with one attached hydrogen (secondary N) is 1. The number of aliphatic carboxylic acids is 1. The highest BCUT2D eigenvalue weighted by Gasteiger charge is 2.33. The van der Waals surface area contributed by atoms with Gasteiger partial charge >= 0.3 is 5.97 Å². The summed E-state index contributed by atoms with van der Waals surface area (Å²) in [4.78, 5) is 24.1. The minimum absolute atomic E-state index is 0.0132. The first-order valence-electron chi connectivity index (χ1n) is 5.97. The normalized spacial score (nSPS) is 23.1. The molecule has 0 unspecified atom stereocenters. The third-order valence-electron chi connectivity index (χ3n) is 3.26. The number of hydrogen-bond donors (Lipinski definition) is 2. The van der Waals surface area contributed by atoms with Crippen LogP contribution in [0.25, 0.3) is 0 Å². The molecule has 0 aromatic rings. The molecule has 2 fully saturated rings. The van der Waals surface area contributed by atoms with Crippen LogP contribution in [0.5, 0.6) is 0 Å². The summed E-state index contributed by atoms with van der Waals surface area (Å²) < 4.78 is 5.21. The van der Waals surface area contributed by atoms with Crippen molar-refractivity contribution in [3.63, 3.8) is 0 Å². The topological polar surface area (TPSA) is 78.9 Å². The highest BCUT2D eigenvalue weighted by Crippen LogP contribution is 2.14. The van der Waals surface area contributed by atoms with Crippen LogP contribution < -0.4 is 5.32 Å². The molecule has 0 aliphatic carbocycles. The molecule has 2 rings (SSSR count). The Hall–Kier alpha value is -1.14. The molecule has 0 saturated carbocycles. The lowest BCUT2D eigenvalue weighted by molar-refractivity contribution is -0.148. The lowest BCUT2D eigenvalue weighted by Crippen LogP contribution is -2.54. The van der Waals surface area contributed by atoms with Crippen LogP contribution in [0, 0.1) is 5.92 Å². The van der Waals surface area contributed by atoms with Crippen LogP contribution in [0.1, 0.15) is 12.8 Å². The van der Waals surface area contributed by atoms with Gasteiger partial charge < -0.3 is 15.2 Å². The van der Waals surface area contributed by atoms with E-state index in [1.165, 1.54) is 0 Å². The monoisotopic (exact) mass is 242 g/mol. The molecule has 0 bridgehead atoms. The third-order valence-corrected chi connectivity index (χ3v) is 3.26. The Kier molecular flexibility index (Phi) is 3.96. The van der Waals surface area contributed by atoms with Crippen molar-refractivity contribution in [1.82, 2.24) is 10.2 Å². The Balaban J connectivity index is 1.63. The van der Waals surface area contributed by atoms with Gasteiger partial charge in [-0.3, -0.25) is 14.5 Å². The quantitative estimate of drug-likeness (QED) is 0.681. The number of likely N-dealkylation sites (tertiary alicyclic amines) is 1. The molecule has 6 nitrogen and oxygen atoms in total. The fourth-order valence-corrected chi connectivity index (χ4v) is 2.17. The molecule has 0 atom stereocenters. The average molecular weight is 242 g/mol. The maximum absolute atomic E-state index is 11.6. The second-order valence-corrected chi connectivity index (χ2v) is 4.68. The molecular formula is C11H18N2O4. The molecule has 0 aromatic carbocycles. The van der Waals surface area contributed by atoms with Gasteiger partial charge in [-0.1, -0.05) is 0 Å². The summed E-state index contributed by atoms with van der Waals surface area (Å²) in [6.45, 7) is 2.68. The summed E-state index contributed by atoms with van der Waals surface area (Å²) in [6.07, 6.45) is 1.73. The standard InChI is InChI=1S/C11H18N2O4/c14-10(12-9-1-3-17-4-2-9)7-13-5-8(6-13)11(15)16/h8-9H,1-7H2,(H,12,14)(H,15,16). The Morgan fingerprint density at radius 3 is 2.53 bits per heavy atom. The largest absolute Gasteiger partial charge is 0.481 e. The molecule has 0 spiro atoms. The van der Waals surface area contributed by atoms with Crippen LogP contribution in [0.2, 0.25) is 0 Å². The first kappa shape index (κ1) is 12.3. The SMILES string of the molecule is O=C(CN1CC(C(=O)O)C1)NC1CCOCC1. The van der Waals surface area contributed by atoms with Gasteiger partial charge in [-0.25, -0.2) is 0 Å². The lowest BCUT2D eigenvalue weighted by atomic mass is 10.0. The number of amides is 1. The maximum atomic E-state index is 11.6. The molecule has 2 aliphatic rings. The van der Waals surface area contributed by atoms with E-state index >= 15 is 0 Å². The van der Waals surface area contributed by atoms with Crippen LogP contribution in [0.15, 0.2) is 0 Å². The van der Waals surface area contributed by atoms with Gasteiger partial charge in [-0.2, -0.15) is 0 Å². The molecule has 6 heteroatoms. The minimum Gasteiger partial charge on any atom is -0.481 e. The van der Waals surface area contributed by atoms with Gasteiger partial charge in [0.2, 0.25) is 5.91 Å². The summed E-state index contributed by atoms with van der Waals surface area (Å²) in [7, 11) is 0. The van der Waals surface area contributed by atoms with Crippen molar-refractivity contribution in [3.05, 3.63) is 0 Å². The van der Waals surface area contributed by atoms with E-state index < -0.39 is 5.97 Å². The molecule has 0 aromatic heterocycles. The number of carboxylic acid groups (broad SMARTS) is 1. The molecule has 2 N–H and O–H groups in total. The van der Waals surface area contributed by atoms with E-state index in [9.17, 15) is 9.59 Å². The maximum Gasteiger partial charge on any atom is 0.309 e. The molecular weight excluding hydrogens is 224 g/mol. The first-order valence-corrected chi connectivity index (χ1v) is 5.97. The van der Waals surface area contributed by atoms with E-state index in [1.807, 2.05) is 4.90 Å². The second-order valence-electron chi connectivity index (χ2n) is 4.68. The number of rotatable bonds is 4. The van der Waals surface area contributed by atoms with Gasteiger partial charge in [0.15, 0.2) is 0 Å². The number of carboxylic acids is 1. The van der Waals surface area contributed by atoms with Crippen LogP contribution >= 0.6 is 0 Å². The first-order chi connectivity index (χ1) is 8.15. The van der Waals surface area contributed by atoms with Crippen LogP contribution in [0.3, 0.4) is 0 Å². The van der Waals surface area contributed by atoms with E-state index in [2.05, 4.69) is 5.32 Å². The van der Waals surface area contributed by atoms with Crippen molar-refractivity contribution in [3.8, 4) is 0 Å². The number of carbonyl (C=O) groups excluding carboxylic acids is 1. The number of hydrogen-bond acceptors (Lipinski definition) is 4. The summed E-state index contributed by atoms with van der Waals surface area (Å²) in [5, 5.41) is 11.7. The average Bonchev–Trinajstić information content (AvgIpc) is 2.23.